The first-order chi connectivity index (χ1) is 12.0. The molecule has 0 aromatic heterocycles. The molecule has 2 aromatic carbocycles. The number of phenols is 2. The molecule has 0 radical (unpaired) electrons. The molecule has 6 heteroatoms. The summed E-state index contributed by atoms with van der Waals surface area (Å²) in [4.78, 5) is 0. The van der Waals surface area contributed by atoms with Crippen molar-refractivity contribution in [3.63, 3.8) is 0 Å². The molecular formula is C20H24ClNO4. The van der Waals surface area contributed by atoms with Crippen molar-refractivity contribution in [1.82, 2.24) is 0 Å². The standard InChI is InChI=1S/C20H23NO4.ClH/c1-21-7-6-13-9-19(25-3)17(22)10-14(13)16(21)8-12-4-5-18(24-2)20(23)15(12)11-21;/h4-5,9-10,16H,6-8,11H2,1-3H3,(H-,22,23);1H/t16-,21-;/m0./s1. The lowest BCUT2D eigenvalue weighted by molar-refractivity contribution is -0.956. The number of phenolic OH excluding ortho intramolecular Hbond substituents is 2. The number of quaternary nitrogens is 1. The predicted octanol–water partition coefficient (Wildman–Crippen LogP) is -0.0809. The molecule has 0 bridgehead atoms. The second kappa shape index (κ2) is 6.56. The number of aromatic hydroxyl groups is 2. The van der Waals surface area contributed by atoms with Crippen molar-refractivity contribution in [1.29, 1.82) is 0 Å². The van der Waals surface area contributed by atoms with Crippen LogP contribution in [0.3, 0.4) is 0 Å². The van der Waals surface area contributed by atoms with Crippen LogP contribution in [-0.2, 0) is 19.4 Å². The third-order valence-corrected chi connectivity index (χ3v) is 5.94. The van der Waals surface area contributed by atoms with Crippen LogP contribution >= 0.6 is 0 Å². The van der Waals surface area contributed by atoms with Crippen molar-refractivity contribution in [2.45, 2.75) is 25.4 Å². The molecule has 2 aliphatic heterocycles. The number of halogens is 1. The topological polar surface area (TPSA) is 58.9 Å². The minimum Gasteiger partial charge on any atom is -1.00 e. The van der Waals surface area contributed by atoms with E-state index in [1.165, 1.54) is 11.1 Å². The molecule has 5 nitrogen and oxygen atoms in total. The lowest BCUT2D eigenvalue weighted by Gasteiger charge is -2.49. The first kappa shape index (κ1) is 18.7. The number of nitrogens with zero attached hydrogens (tertiary/aromatic N) is 1. The molecular weight excluding hydrogens is 354 g/mol. The molecule has 4 rings (SSSR count). The highest BCUT2D eigenvalue weighted by Crippen LogP contribution is 2.48. The zero-order valence-electron chi connectivity index (χ0n) is 15.3. The number of hydrogen-bond acceptors (Lipinski definition) is 4. The lowest BCUT2D eigenvalue weighted by atomic mass is 9.81. The molecule has 2 N–H and O–H groups in total. The second-order valence-electron chi connectivity index (χ2n) is 7.31. The zero-order chi connectivity index (χ0) is 17.8. The summed E-state index contributed by atoms with van der Waals surface area (Å²) in [7, 11) is 5.39. The summed E-state index contributed by atoms with van der Waals surface area (Å²) in [5, 5.41) is 20.8. The summed E-state index contributed by atoms with van der Waals surface area (Å²) >= 11 is 0. The van der Waals surface area contributed by atoms with Crippen LogP contribution in [0.2, 0.25) is 0 Å². The molecule has 0 fully saturated rings. The van der Waals surface area contributed by atoms with Crippen LogP contribution in [0.4, 0.5) is 0 Å². The summed E-state index contributed by atoms with van der Waals surface area (Å²) in [5.74, 6) is 1.52. The van der Waals surface area contributed by atoms with Gasteiger partial charge in [0.2, 0.25) is 0 Å². The Morgan fingerprint density at radius 1 is 1.04 bits per heavy atom. The largest absolute Gasteiger partial charge is 1.00 e. The maximum Gasteiger partial charge on any atom is 0.166 e. The van der Waals surface area contributed by atoms with E-state index in [9.17, 15) is 10.2 Å². The fourth-order valence-electron chi connectivity index (χ4n) is 4.46. The first-order valence-corrected chi connectivity index (χ1v) is 8.58. The summed E-state index contributed by atoms with van der Waals surface area (Å²) in [5.41, 5.74) is 4.57. The number of fused-ring (bicyclic) bond motifs is 4. The third-order valence-electron chi connectivity index (χ3n) is 5.94. The minimum absolute atomic E-state index is 0. The van der Waals surface area contributed by atoms with Gasteiger partial charge in [0.15, 0.2) is 23.0 Å². The van der Waals surface area contributed by atoms with E-state index in [4.69, 9.17) is 9.47 Å². The van der Waals surface area contributed by atoms with Crippen molar-refractivity contribution in [3.05, 3.63) is 46.5 Å². The molecule has 140 valence electrons. The van der Waals surface area contributed by atoms with E-state index in [0.717, 1.165) is 41.5 Å². The van der Waals surface area contributed by atoms with Gasteiger partial charge in [0.05, 0.1) is 33.4 Å². The molecule has 2 aliphatic rings. The van der Waals surface area contributed by atoms with Crippen molar-refractivity contribution in [2.75, 3.05) is 27.8 Å². The van der Waals surface area contributed by atoms with Crippen LogP contribution in [0.1, 0.15) is 28.3 Å². The monoisotopic (exact) mass is 377 g/mol. The fourth-order valence-corrected chi connectivity index (χ4v) is 4.46. The van der Waals surface area contributed by atoms with Gasteiger partial charge in [-0.2, -0.15) is 0 Å². The Kier molecular flexibility index (Phi) is 4.71. The van der Waals surface area contributed by atoms with Gasteiger partial charge in [-0.05, 0) is 29.3 Å². The Bertz CT molecular complexity index is 854. The van der Waals surface area contributed by atoms with Gasteiger partial charge in [0, 0.05) is 18.4 Å². The highest BCUT2D eigenvalue weighted by atomic mass is 35.5. The number of ether oxygens (including phenoxy) is 2. The van der Waals surface area contributed by atoms with Gasteiger partial charge in [0.1, 0.15) is 12.6 Å². The number of hydrogen-bond donors (Lipinski definition) is 2. The van der Waals surface area contributed by atoms with E-state index in [1.54, 1.807) is 14.2 Å². The summed E-state index contributed by atoms with van der Waals surface area (Å²) in [6, 6.07) is 7.98. The average molecular weight is 378 g/mol. The maximum atomic E-state index is 10.6. The molecule has 0 amide bonds. The fraction of sp³-hybridized carbons (Fsp3) is 0.400. The van der Waals surface area contributed by atoms with Crippen molar-refractivity contribution in [3.8, 4) is 23.0 Å². The molecule has 2 aromatic rings. The average Bonchev–Trinajstić information content (AvgIpc) is 2.60. The number of likely N-dealkylation sites (N-methyl/N-ethyl adjacent to an activating group) is 1. The number of benzene rings is 2. The molecule has 0 saturated carbocycles. The highest BCUT2D eigenvalue weighted by molar-refractivity contribution is 5.52. The zero-order valence-corrected chi connectivity index (χ0v) is 16.0. The molecule has 0 aliphatic carbocycles. The normalized spacial score (nSPS) is 23.1. The van der Waals surface area contributed by atoms with Crippen LogP contribution in [0.15, 0.2) is 24.3 Å². The lowest BCUT2D eigenvalue weighted by Crippen LogP contribution is -3.00. The highest BCUT2D eigenvalue weighted by Gasteiger charge is 2.44. The van der Waals surface area contributed by atoms with Crippen molar-refractivity contribution < 1.29 is 36.6 Å². The van der Waals surface area contributed by atoms with Crippen LogP contribution in [0, 0.1) is 0 Å². The quantitative estimate of drug-likeness (QED) is 0.719. The van der Waals surface area contributed by atoms with E-state index < -0.39 is 0 Å². The Hall–Kier alpha value is -2.11. The SMILES string of the molecule is COc1cc2c(cc1O)[C@@H]1Cc3ccc(OC)c(O)c3C[N@+]1(C)CC2.[Cl-]. The van der Waals surface area contributed by atoms with E-state index in [2.05, 4.69) is 13.1 Å². The second-order valence-corrected chi connectivity index (χ2v) is 7.31. The third kappa shape index (κ3) is 2.66. The van der Waals surface area contributed by atoms with Gasteiger partial charge in [-0.15, -0.1) is 0 Å². The van der Waals surface area contributed by atoms with Crippen LogP contribution in [0.25, 0.3) is 0 Å². The van der Waals surface area contributed by atoms with Crippen molar-refractivity contribution >= 4 is 0 Å². The summed E-state index contributed by atoms with van der Waals surface area (Å²) in [6.07, 6.45) is 1.77. The molecule has 26 heavy (non-hydrogen) atoms. The maximum absolute atomic E-state index is 10.6. The van der Waals surface area contributed by atoms with Crippen LogP contribution in [-0.4, -0.2) is 42.5 Å². The van der Waals surface area contributed by atoms with E-state index >= 15 is 0 Å². The summed E-state index contributed by atoms with van der Waals surface area (Å²) < 4.78 is 11.4. The Balaban J connectivity index is 0.00000196. The van der Waals surface area contributed by atoms with Gasteiger partial charge in [-0.25, -0.2) is 0 Å². The van der Waals surface area contributed by atoms with Crippen molar-refractivity contribution in [2.24, 2.45) is 0 Å². The van der Waals surface area contributed by atoms with Crippen LogP contribution < -0.4 is 21.9 Å². The Morgan fingerprint density at radius 3 is 2.46 bits per heavy atom. The van der Waals surface area contributed by atoms with Gasteiger partial charge in [0.25, 0.3) is 0 Å². The molecule has 0 spiro atoms. The van der Waals surface area contributed by atoms with Gasteiger partial charge in [-0.1, -0.05) is 6.07 Å². The molecule has 2 heterocycles. The smallest absolute Gasteiger partial charge is 0.166 e. The first-order valence-electron chi connectivity index (χ1n) is 8.58. The molecule has 0 saturated heterocycles. The predicted molar refractivity (Wildman–Crippen MR) is 94.2 cm³/mol. The van der Waals surface area contributed by atoms with E-state index in [-0.39, 0.29) is 29.9 Å². The minimum atomic E-state index is 0. The van der Waals surface area contributed by atoms with E-state index in [0.29, 0.717) is 11.5 Å². The summed E-state index contributed by atoms with van der Waals surface area (Å²) in [6.45, 7) is 1.75. The molecule has 0 unspecified atom stereocenters. The Labute approximate surface area is 159 Å². The number of rotatable bonds is 2. The van der Waals surface area contributed by atoms with Gasteiger partial charge >= 0.3 is 0 Å². The van der Waals surface area contributed by atoms with E-state index in [1.807, 2.05) is 18.2 Å². The van der Waals surface area contributed by atoms with Gasteiger partial charge in [-0.3, -0.25) is 0 Å². The van der Waals surface area contributed by atoms with Gasteiger partial charge < -0.3 is 36.6 Å². The number of methoxy groups -OCH3 is 2. The molecule has 2 atom stereocenters. The van der Waals surface area contributed by atoms with Crippen LogP contribution in [0.5, 0.6) is 23.0 Å². The Morgan fingerprint density at radius 2 is 1.77 bits per heavy atom.